The highest BCUT2D eigenvalue weighted by Crippen LogP contribution is 2.26. The SMILES string of the molecule is CC(NC(N)=NCc1c2c(nn1C)CCCC2)c1ccc(Cl)cc1Cl. The van der Waals surface area contributed by atoms with Gasteiger partial charge in [0.15, 0.2) is 5.96 Å². The van der Waals surface area contributed by atoms with Crippen LogP contribution in [-0.2, 0) is 26.4 Å². The number of hydrogen-bond donors (Lipinski definition) is 2. The highest BCUT2D eigenvalue weighted by atomic mass is 35.5. The van der Waals surface area contributed by atoms with Gasteiger partial charge in [0.2, 0.25) is 0 Å². The summed E-state index contributed by atoms with van der Waals surface area (Å²) < 4.78 is 1.94. The van der Waals surface area contributed by atoms with Crippen LogP contribution in [-0.4, -0.2) is 15.7 Å². The Labute approximate surface area is 158 Å². The van der Waals surface area contributed by atoms with Gasteiger partial charge in [-0.15, -0.1) is 0 Å². The Balaban J connectivity index is 1.69. The average molecular weight is 380 g/mol. The normalized spacial score (nSPS) is 15.8. The monoisotopic (exact) mass is 379 g/mol. The molecule has 0 spiro atoms. The molecule has 0 bridgehead atoms. The van der Waals surface area contributed by atoms with Gasteiger partial charge in [-0.1, -0.05) is 29.3 Å². The molecule has 0 fully saturated rings. The minimum Gasteiger partial charge on any atom is -0.370 e. The number of fused-ring (bicyclic) bond motifs is 1. The summed E-state index contributed by atoms with van der Waals surface area (Å²) in [6, 6.07) is 5.38. The van der Waals surface area contributed by atoms with Gasteiger partial charge in [0.1, 0.15) is 0 Å². The van der Waals surface area contributed by atoms with Crippen LogP contribution < -0.4 is 11.1 Å². The van der Waals surface area contributed by atoms with Crippen LogP contribution in [0.15, 0.2) is 23.2 Å². The summed E-state index contributed by atoms with van der Waals surface area (Å²) >= 11 is 12.2. The lowest BCUT2D eigenvalue weighted by Crippen LogP contribution is -2.34. The fourth-order valence-electron chi connectivity index (χ4n) is 3.30. The molecule has 2 aromatic rings. The number of aromatic nitrogens is 2. The standard InChI is InChI=1S/C18H23Cl2N5/c1-11(13-8-7-12(19)9-15(13)20)23-18(21)22-10-17-14-5-3-4-6-16(14)24-25(17)2/h7-9,11H,3-6,10H2,1-2H3,(H3,21,22,23). The van der Waals surface area contributed by atoms with Crippen molar-refractivity contribution in [2.75, 3.05) is 0 Å². The second-order valence-corrected chi connectivity index (χ2v) is 7.28. The van der Waals surface area contributed by atoms with E-state index in [2.05, 4.69) is 15.4 Å². The van der Waals surface area contributed by atoms with Crippen molar-refractivity contribution in [2.45, 2.75) is 45.2 Å². The number of rotatable bonds is 4. The molecule has 1 unspecified atom stereocenters. The third-order valence-electron chi connectivity index (χ3n) is 4.64. The van der Waals surface area contributed by atoms with Crippen LogP contribution in [0.4, 0.5) is 0 Å². The molecule has 0 radical (unpaired) electrons. The molecule has 0 saturated carbocycles. The first kappa shape index (κ1) is 18.1. The van der Waals surface area contributed by atoms with Gasteiger partial charge in [0.05, 0.1) is 24.0 Å². The van der Waals surface area contributed by atoms with Gasteiger partial charge in [0.25, 0.3) is 0 Å². The van der Waals surface area contributed by atoms with Gasteiger partial charge in [-0.25, -0.2) is 4.99 Å². The fourth-order valence-corrected chi connectivity index (χ4v) is 3.88. The van der Waals surface area contributed by atoms with Crippen molar-refractivity contribution in [3.05, 3.63) is 50.8 Å². The van der Waals surface area contributed by atoms with Crippen molar-refractivity contribution in [1.82, 2.24) is 15.1 Å². The Bertz CT molecular complexity index is 797. The molecule has 1 aromatic heterocycles. The first-order chi connectivity index (χ1) is 12.0. The van der Waals surface area contributed by atoms with Crippen molar-refractivity contribution in [1.29, 1.82) is 0 Å². The molecule has 0 aliphatic heterocycles. The van der Waals surface area contributed by atoms with Gasteiger partial charge in [0, 0.05) is 17.1 Å². The van der Waals surface area contributed by atoms with Crippen LogP contribution in [0.5, 0.6) is 0 Å². The summed E-state index contributed by atoms with van der Waals surface area (Å²) in [5, 5.41) is 9.03. The largest absolute Gasteiger partial charge is 0.370 e. The third-order valence-corrected chi connectivity index (χ3v) is 5.20. The summed E-state index contributed by atoms with van der Waals surface area (Å²) in [7, 11) is 1.98. The molecule has 0 amide bonds. The summed E-state index contributed by atoms with van der Waals surface area (Å²) in [5.74, 6) is 0.393. The van der Waals surface area contributed by atoms with E-state index in [0.717, 1.165) is 24.1 Å². The quantitative estimate of drug-likeness (QED) is 0.627. The second-order valence-electron chi connectivity index (χ2n) is 6.44. The molecule has 3 rings (SSSR count). The van der Waals surface area contributed by atoms with E-state index in [4.69, 9.17) is 28.9 Å². The predicted molar refractivity (Wildman–Crippen MR) is 103 cm³/mol. The highest BCUT2D eigenvalue weighted by molar-refractivity contribution is 6.35. The van der Waals surface area contributed by atoms with E-state index >= 15 is 0 Å². The van der Waals surface area contributed by atoms with Crippen molar-refractivity contribution < 1.29 is 0 Å². The van der Waals surface area contributed by atoms with E-state index in [1.165, 1.54) is 24.1 Å². The third kappa shape index (κ3) is 4.10. The van der Waals surface area contributed by atoms with E-state index in [0.29, 0.717) is 22.5 Å². The summed E-state index contributed by atoms with van der Waals surface area (Å²) in [4.78, 5) is 4.50. The Morgan fingerprint density at radius 3 is 2.88 bits per heavy atom. The zero-order valence-electron chi connectivity index (χ0n) is 14.5. The van der Waals surface area contributed by atoms with Crippen LogP contribution in [0.25, 0.3) is 0 Å². The van der Waals surface area contributed by atoms with Gasteiger partial charge in [-0.05, 0) is 55.9 Å². The molecule has 25 heavy (non-hydrogen) atoms. The Morgan fingerprint density at radius 1 is 1.36 bits per heavy atom. The molecule has 1 atom stereocenters. The Hall–Kier alpha value is -1.72. The maximum Gasteiger partial charge on any atom is 0.189 e. The molecule has 3 N–H and O–H groups in total. The molecule has 1 aliphatic carbocycles. The van der Waals surface area contributed by atoms with Crippen LogP contribution in [0, 0.1) is 0 Å². The molecular formula is C18H23Cl2N5. The zero-order chi connectivity index (χ0) is 18.0. The number of aryl methyl sites for hydroxylation is 2. The lowest BCUT2D eigenvalue weighted by Gasteiger charge is -2.16. The minimum absolute atomic E-state index is 0.0611. The summed E-state index contributed by atoms with van der Waals surface area (Å²) in [6.07, 6.45) is 4.58. The minimum atomic E-state index is -0.0611. The molecule has 134 valence electrons. The Morgan fingerprint density at radius 2 is 2.12 bits per heavy atom. The van der Waals surface area contributed by atoms with Crippen molar-refractivity contribution in [2.24, 2.45) is 17.8 Å². The first-order valence-corrected chi connectivity index (χ1v) is 9.26. The van der Waals surface area contributed by atoms with Crippen LogP contribution in [0.2, 0.25) is 10.0 Å². The second kappa shape index (κ2) is 7.67. The van der Waals surface area contributed by atoms with Crippen LogP contribution >= 0.6 is 23.2 Å². The van der Waals surface area contributed by atoms with E-state index in [1.54, 1.807) is 6.07 Å². The lowest BCUT2D eigenvalue weighted by molar-refractivity contribution is 0.663. The van der Waals surface area contributed by atoms with Gasteiger partial charge in [-0.3, -0.25) is 4.68 Å². The number of nitrogens with zero attached hydrogens (tertiary/aromatic N) is 3. The van der Waals surface area contributed by atoms with Crippen LogP contribution in [0.3, 0.4) is 0 Å². The van der Waals surface area contributed by atoms with Crippen LogP contribution in [0.1, 0.15) is 48.3 Å². The number of hydrogen-bond acceptors (Lipinski definition) is 2. The molecule has 0 saturated heterocycles. The maximum absolute atomic E-state index is 6.25. The number of benzene rings is 1. The lowest BCUT2D eigenvalue weighted by atomic mass is 9.96. The Kier molecular flexibility index (Phi) is 5.54. The number of nitrogens with one attached hydrogen (secondary N) is 1. The van der Waals surface area contributed by atoms with Crippen molar-refractivity contribution >= 4 is 29.2 Å². The molecule has 1 aliphatic rings. The fraction of sp³-hybridized carbons (Fsp3) is 0.444. The van der Waals surface area contributed by atoms with E-state index in [-0.39, 0.29) is 6.04 Å². The predicted octanol–water partition coefficient (Wildman–Crippen LogP) is 3.77. The topological polar surface area (TPSA) is 68.2 Å². The smallest absolute Gasteiger partial charge is 0.189 e. The van der Waals surface area contributed by atoms with E-state index < -0.39 is 0 Å². The van der Waals surface area contributed by atoms with Gasteiger partial charge < -0.3 is 11.1 Å². The number of guanidine groups is 1. The molecular weight excluding hydrogens is 357 g/mol. The first-order valence-electron chi connectivity index (χ1n) is 8.50. The van der Waals surface area contributed by atoms with Crippen molar-refractivity contribution in [3.63, 3.8) is 0 Å². The molecule has 7 heteroatoms. The van der Waals surface area contributed by atoms with Gasteiger partial charge in [-0.2, -0.15) is 5.10 Å². The number of halogens is 2. The van der Waals surface area contributed by atoms with Gasteiger partial charge >= 0.3 is 0 Å². The average Bonchev–Trinajstić information content (AvgIpc) is 2.88. The van der Waals surface area contributed by atoms with E-state index in [9.17, 15) is 0 Å². The number of aliphatic imine (C=N–C) groups is 1. The molecule has 1 aromatic carbocycles. The molecule has 5 nitrogen and oxygen atoms in total. The zero-order valence-corrected chi connectivity index (χ0v) is 16.0. The maximum atomic E-state index is 6.25. The van der Waals surface area contributed by atoms with Crippen molar-refractivity contribution in [3.8, 4) is 0 Å². The summed E-state index contributed by atoms with van der Waals surface area (Å²) in [6.45, 7) is 2.52. The number of nitrogens with two attached hydrogens (primary N) is 1. The molecule has 1 heterocycles. The summed E-state index contributed by atoms with van der Waals surface area (Å²) in [5.41, 5.74) is 10.7. The highest BCUT2D eigenvalue weighted by Gasteiger charge is 2.19. The van der Waals surface area contributed by atoms with E-state index in [1.807, 2.05) is 30.8 Å².